The molecule has 0 bridgehead atoms. The summed E-state index contributed by atoms with van der Waals surface area (Å²) in [5.74, 6) is -0.119. The number of carbonyl (C=O) groups excluding carboxylic acids is 1. The molecule has 1 unspecified atom stereocenters. The lowest BCUT2D eigenvalue weighted by Crippen LogP contribution is -2.29. The van der Waals surface area contributed by atoms with E-state index in [1.165, 1.54) is 5.57 Å². The molecule has 0 fully saturated rings. The van der Waals surface area contributed by atoms with Crippen LogP contribution >= 0.6 is 0 Å². The van der Waals surface area contributed by atoms with E-state index in [1.807, 2.05) is 6.92 Å². The SMILES string of the molecule is C=CC(C)(CCC=C(C)C)OC(=O)CCCC. The van der Waals surface area contributed by atoms with Crippen molar-refractivity contribution in [1.82, 2.24) is 0 Å². The van der Waals surface area contributed by atoms with Crippen LogP contribution in [0.15, 0.2) is 24.3 Å². The Labute approximate surface area is 106 Å². The summed E-state index contributed by atoms with van der Waals surface area (Å²) in [4.78, 5) is 11.6. The van der Waals surface area contributed by atoms with E-state index in [4.69, 9.17) is 4.74 Å². The van der Waals surface area contributed by atoms with Gasteiger partial charge in [0, 0.05) is 6.42 Å². The van der Waals surface area contributed by atoms with E-state index >= 15 is 0 Å². The van der Waals surface area contributed by atoms with Crippen LogP contribution in [0.1, 0.15) is 59.8 Å². The van der Waals surface area contributed by atoms with Crippen molar-refractivity contribution in [3.63, 3.8) is 0 Å². The quantitative estimate of drug-likeness (QED) is 0.462. The first-order valence-corrected chi connectivity index (χ1v) is 6.42. The highest BCUT2D eigenvalue weighted by Gasteiger charge is 2.23. The third kappa shape index (κ3) is 7.78. The van der Waals surface area contributed by atoms with E-state index in [0.717, 1.165) is 25.7 Å². The summed E-state index contributed by atoms with van der Waals surface area (Å²) in [6.45, 7) is 11.9. The molecule has 2 heteroatoms. The Bertz CT molecular complexity index is 275. The van der Waals surface area contributed by atoms with Crippen molar-refractivity contribution in [3.8, 4) is 0 Å². The monoisotopic (exact) mass is 238 g/mol. The molecule has 1 atom stereocenters. The van der Waals surface area contributed by atoms with Crippen LogP contribution in [0.5, 0.6) is 0 Å². The fraction of sp³-hybridized carbons (Fsp3) is 0.667. The molecule has 0 rings (SSSR count). The van der Waals surface area contributed by atoms with Gasteiger partial charge in [-0.05, 0) is 46.1 Å². The summed E-state index contributed by atoms with van der Waals surface area (Å²) in [6.07, 6.45) is 7.99. The fourth-order valence-corrected chi connectivity index (χ4v) is 1.47. The summed E-state index contributed by atoms with van der Waals surface area (Å²) >= 11 is 0. The van der Waals surface area contributed by atoms with Crippen molar-refractivity contribution in [2.45, 2.75) is 65.4 Å². The summed E-state index contributed by atoms with van der Waals surface area (Å²) in [5.41, 5.74) is 0.755. The second kappa shape index (κ2) is 8.10. The molecule has 0 aromatic rings. The Morgan fingerprint density at radius 3 is 2.53 bits per heavy atom. The number of rotatable bonds is 8. The minimum Gasteiger partial charge on any atom is -0.455 e. The van der Waals surface area contributed by atoms with Gasteiger partial charge in [-0.1, -0.05) is 31.6 Å². The lowest BCUT2D eigenvalue weighted by Gasteiger charge is -2.25. The number of hydrogen-bond donors (Lipinski definition) is 0. The molecule has 0 saturated heterocycles. The molecule has 0 heterocycles. The second-order valence-electron chi connectivity index (χ2n) is 4.91. The third-order valence-electron chi connectivity index (χ3n) is 2.71. The molecule has 0 radical (unpaired) electrons. The largest absolute Gasteiger partial charge is 0.455 e. The second-order valence-corrected chi connectivity index (χ2v) is 4.91. The molecule has 0 amide bonds. The standard InChI is InChI=1S/C15H26O2/c1-6-8-11-14(16)17-15(5,7-2)12-9-10-13(3)4/h7,10H,2,6,8-9,11-12H2,1,3-5H3. The maximum atomic E-state index is 11.6. The van der Waals surface area contributed by atoms with Crippen LogP contribution in [0.2, 0.25) is 0 Å². The molecule has 0 aliphatic carbocycles. The van der Waals surface area contributed by atoms with Crippen LogP contribution in [0.4, 0.5) is 0 Å². The number of esters is 1. The predicted octanol–water partition coefficient (Wildman–Crippen LogP) is 4.41. The van der Waals surface area contributed by atoms with Crippen molar-refractivity contribution < 1.29 is 9.53 Å². The number of ether oxygens (including phenoxy) is 1. The van der Waals surface area contributed by atoms with Gasteiger partial charge in [0.25, 0.3) is 0 Å². The molecule has 17 heavy (non-hydrogen) atoms. The average molecular weight is 238 g/mol. The van der Waals surface area contributed by atoms with Crippen molar-refractivity contribution in [3.05, 3.63) is 24.3 Å². The van der Waals surface area contributed by atoms with Crippen molar-refractivity contribution in [2.24, 2.45) is 0 Å². The van der Waals surface area contributed by atoms with Crippen LogP contribution in [-0.4, -0.2) is 11.6 Å². The van der Waals surface area contributed by atoms with Gasteiger partial charge in [-0.3, -0.25) is 4.79 Å². The molecule has 2 nitrogen and oxygen atoms in total. The maximum Gasteiger partial charge on any atom is 0.306 e. The Morgan fingerprint density at radius 2 is 2.06 bits per heavy atom. The minimum atomic E-state index is -0.531. The zero-order chi connectivity index (χ0) is 13.3. The summed E-state index contributed by atoms with van der Waals surface area (Å²) in [6, 6.07) is 0. The Morgan fingerprint density at radius 1 is 1.41 bits per heavy atom. The van der Waals surface area contributed by atoms with E-state index in [2.05, 4.69) is 33.4 Å². The van der Waals surface area contributed by atoms with E-state index < -0.39 is 5.60 Å². The predicted molar refractivity (Wildman–Crippen MR) is 72.9 cm³/mol. The van der Waals surface area contributed by atoms with Crippen LogP contribution in [0.25, 0.3) is 0 Å². The lowest BCUT2D eigenvalue weighted by atomic mass is 9.99. The van der Waals surface area contributed by atoms with E-state index in [1.54, 1.807) is 6.08 Å². The number of allylic oxidation sites excluding steroid dienone is 2. The van der Waals surface area contributed by atoms with Gasteiger partial charge < -0.3 is 4.74 Å². The van der Waals surface area contributed by atoms with E-state index in [0.29, 0.717) is 6.42 Å². The molecule has 0 aromatic carbocycles. The zero-order valence-corrected chi connectivity index (χ0v) is 11.7. The number of unbranched alkanes of at least 4 members (excludes halogenated alkanes) is 1. The summed E-state index contributed by atoms with van der Waals surface area (Å²) in [5, 5.41) is 0. The van der Waals surface area contributed by atoms with Gasteiger partial charge in [0.05, 0.1) is 0 Å². The minimum absolute atomic E-state index is 0.119. The van der Waals surface area contributed by atoms with Crippen LogP contribution in [0.3, 0.4) is 0 Å². The van der Waals surface area contributed by atoms with E-state index in [9.17, 15) is 4.79 Å². The van der Waals surface area contributed by atoms with Gasteiger partial charge in [-0.2, -0.15) is 0 Å². The smallest absolute Gasteiger partial charge is 0.306 e. The summed E-state index contributed by atoms with van der Waals surface area (Å²) < 4.78 is 5.48. The molecular weight excluding hydrogens is 212 g/mol. The highest BCUT2D eigenvalue weighted by Crippen LogP contribution is 2.21. The number of carbonyl (C=O) groups is 1. The lowest BCUT2D eigenvalue weighted by molar-refractivity contribution is -0.154. The molecule has 0 N–H and O–H groups in total. The number of hydrogen-bond acceptors (Lipinski definition) is 2. The molecule has 0 aliphatic heterocycles. The van der Waals surface area contributed by atoms with Crippen LogP contribution in [0, 0.1) is 0 Å². The van der Waals surface area contributed by atoms with Gasteiger partial charge in [0.2, 0.25) is 0 Å². The molecule has 0 saturated carbocycles. The topological polar surface area (TPSA) is 26.3 Å². The summed E-state index contributed by atoms with van der Waals surface area (Å²) in [7, 11) is 0. The fourth-order valence-electron chi connectivity index (χ4n) is 1.47. The first-order chi connectivity index (χ1) is 7.93. The first kappa shape index (κ1) is 16.0. The van der Waals surface area contributed by atoms with Crippen molar-refractivity contribution >= 4 is 5.97 Å². The average Bonchev–Trinajstić information content (AvgIpc) is 2.25. The Balaban J connectivity index is 4.22. The molecule has 0 spiro atoms. The Kier molecular flexibility index (Phi) is 7.60. The Hall–Kier alpha value is -1.05. The van der Waals surface area contributed by atoms with Gasteiger partial charge >= 0.3 is 5.97 Å². The van der Waals surface area contributed by atoms with Crippen LogP contribution in [-0.2, 0) is 9.53 Å². The molecule has 0 aliphatic rings. The molecule has 98 valence electrons. The van der Waals surface area contributed by atoms with E-state index in [-0.39, 0.29) is 5.97 Å². The van der Waals surface area contributed by atoms with Gasteiger partial charge in [0.15, 0.2) is 0 Å². The van der Waals surface area contributed by atoms with Gasteiger partial charge in [0.1, 0.15) is 5.60 Å². The van der Waals surface area contributed by atoms with Crippen molar-refractivity contribution in [2.75, 3.05) is 0 Å². The third-order valence-corrected chi connectivity index (χ3v) is 2.71. The molecule has 0 aromatic heterocycles. The van der Waals surface area contributed by atoms with Crippen molar-refractivity contribution in [1.29, 1.82) is 0 Å². The maximum absolute atomic E-state index is 11.6. The highest BCUT2D eigenvalue weighted by atomic mass is 16.6. The molecular formula is C15H26O2. The highest BCUT2D eigenvalue weighted by molar-refractivity contribution is 5.70. The van der Waals surface area contributed by atoms with Gasteiger partial charge in [-0.15, -0.1) is 0 Å². The first-order valence-electron chi connectivity index (χ1n) is 6.42. The normalized spacial score (nSPS) is 13.6. The zero-order valence-electron chi connectivity index (χ0n) is 11.7. The van der Waals surface area contributed by atoms with Crippen LogP contribution < -0.4 is 0 Å². The van der Waals surface area contributed by atoms with Gasteiger partial charge in [-0.25, -0.2) is 0 Å².